The second-order valence-corrected chi connectivity index (χ2v) is 5.24. The first-order valence-corrected chi connectivity index (χ1v) is 6.34. The van der Waals surface area contributed by atoms with Crippen molar-refractivity contribution in [3.63, 3.8) is 0 Å². The average molecular weight is 266 g/mol. The zero-order valence-corrected chi connectivity index (χ0v) is 12.3. The van der Waals surface area contributed by atoms with Gasteiger partial charge in [0.2, 0.25) is 0 Å². The molecule has 0 atom stereocenters. The van der Waals surface area contributed by atoms with Gasteiger partial charge >= 0.3 is 5.97 Å². The van der Waals surface area contributed by atoms with Crippen molar-refractivity contribution in [1.29, 1.82) is 0 Å². The first kappa shape index (κ1) is 15.3. The maximum absolute atomic E-state index is 11.3. The normalized spacial score (nSPS) is 11.0. The van der Waals surface area contributed by atoms with Gasteiger partial charge < -0.3 is 14.2 Å². The van der Waals surface area contributed by atoms with Crippen molar-refractivity contribution < 1.29 is 19.0 Å². The second-order valence-electron chi connectivity index (χ2n) is 5.24. The number of hydrogen-bond acceptors (Lipinski definition) is 4. The molecule has 0 aliphatic carbocycles. The average Bonchev–Trinajstić information content (AvgIpc) is 2.35. The molecule has 106 valence electrons. The van der Waals surface area contributed by atoms with Gasteiger partial charge in [0.1, 0.15) is 11.5 Å². The molecule has 0 bridgehead atoms. The van der Waals surface area contributed by atoms with E-state index in [1.807, 2.05) is 12.1 Å². The Morgan fingerprint density at radius 3 is 2.32 bits per heavy atom. The van der Waals surface area contributed by atoms with Crippen LogP contribution in [0.1, 0.15) is 33.3 Å². The fraction of sp³-hybridized carbons (Fsp3) is 0.533. The number of methoxy groups -OCH3 is 1. The summed E-state index contributed by atoms with van der Waals surface area (Å²) in [5, 5.41) is 0. The number of carbonyl (C=O) groups is 1. The Labute approximate surface area is 114 Å². The molecule has 1 aromatic carbocycles. The largest absolute Gasteiger partial charge is 0.497 e. The molecule has 4 nitrogen and oxygen atoms in total. The highest BCUT2D eigenvalue weighted by Gasteiger charge is 2.16. The fourth-order valence-corrected chi connectivity index (χ4v) is 1.55. The zero-order chi connectivity index (χ0) is 14.5. The molecule has 1 aromatic rings. The maximum atomic E-state index is 11.3. The molecule has 0 radical (unpaired) electrons. The van der Waals surface area contributed by atoms with E-state index in [0.717, 1.165) is 5.56 Å². The molecule has 0 aromatic heterocycles. The van der Waals surface area contributed by atoms with E-state index in [4.69, 9.17) is 14.2 Å². The Bertz CT molecular complexity index is 432. The van der Waals surface area contributed by atoms with Crippen molar-refractivity contribution in [3.05, 3.63) is 23.8 Å². The Morgan fingerprint density at radius 2 is 1.79 bits per heavy atom. The highest BCUT2D eigenvalue weighted by atomic mass is 16.6. The van der Waals surface area contributed by atoms with Gasteiger partial charge in [-0.05, 0) is 30.0 Å². The first-order chi connectivity index (χ1) is 8.86. The number of rotatable bonds is 5. The van der Waals surface area contributed by atoms with E-state index in [0.29, 0.717) is 18.1 Å². The van der Waals surface area contributed by atoms with E-state index in [1.165, 1.54) is 0 Å². The predicted molar refractivity (Wildman–Crippen MR) is 73.8 cm³/mol. The lowest BCUT2D eigenvalue weighted by Crippen LogP contribution is -2.15. The van der Waals surface area contributed by atoms with Crippen LogP contribution in [0.4, 0.5) is 0 Å². The molecular weight excluding hydrogens is 244 g/mol. The molecule has 0 N–H and O–H groups in total. The molecule has 0 aliphatic heterocycles. The minimum Gasteiger partial charge on any atom is -0.497 e. The summed E-state index contributed by atoms with van der Waals surface area (Å²) < 4.78 is 15.5. The highest BCUT2D eigenvalue weighted by Crippen LogP contribution is 2.30. The first-order valence-electron chi connectivity index (χ1n) is 6.34. The van der Waals surface area contributed by atoms with Crippen LogP contribution in [0.15, 0.2) is 18.2 Å². The summed E-state index contributed by atoms with van der Waals surface area (Å²) in [7, 11) is 1.61. The third-order valence-corrected chi connectivity index (χ3v) is 2.64. The van der Waals surface area contributed by atoms with Gasteiger partial charge in [0.25, 0.3) is 0 Å². The molecule has 0 amide bonds. The smallest absolute Gasteiger partial charge is 0.344 e. The summed E-state index contributed by atoms with van der Waals surface area (Å²) in [6.07, 6.45) is 0. The van der Waals surface area contributed by atoms with Crippen LogP contribution in [-0.2, 0) is 14.9 Å². The molecule has 19 heavy (non-hydrogen) atoms. The van der Waals surface area contributed by atoms with Gasteiger partial charge in [-0.2, -0.15) is 0 Å². The van der Waals surface area contributed by atoms with Crippen molar-refractivity contribution in [2.75, 3.05) is 20.3 Å². The molecule has 0 saturated heterocycles. The molecule has 0 aliphatic rings. The fourth-order valence-electron chi connectivity index (χ4n) is 1.55. The molecule has 0 saturated carbocycles. The Kier molecular flexibility index (Phi) is 5.21. The van der Waals surface area contributed by atoms with E-state index in [-0.39, 0.29) is 18.0 Å². The van der Waals surface area contributed by atoms with Crippen molar-refractivity contribution in [2.24, 2.45) is 0 Å². The van der Waals surface area contributed by atoms with Gasteiger partial charge in [0.05, 0.1) is 13.7 Å². The Morgan fingerprint density at radius 1 is 1.16 bits per heavy atom. The molecule has 1 rings (SSSR count). The number of carbonyl (C=O) groups excluding carboxylic acids is 1. The van der Waals surface area contributed by atoms with Crippen molar-refractivity contribution in [3.8, 4) is 11.5 Å². The summed E-state index contributed by atoms with van der Waals surface area (Å²) in [5.74, 6) is 0.950. The molecule has 0 unspecified atom stereocenters. The standard InChI is InChI=1S/C15H22O4/c1-6-18-14(16)10-19-13-8-11(15(2,3)4)7-12(9-13)17-5/h7-9H,6,10H2,1-5H3. The van der Waals surface area contributed by atoms with Crippen LogP contribution < -0.4 is 9.47 Å². The Balaban J connectivity index is 2.86. The highest BCUT2D eigenvalue weighted by molar-refractivity contribution is 5.71. The monoisotopic (exact) mass is 266 g/mol. The lowest BCUT2D eigenvalue weighted by Gasteiger charge is -2.21. The van der Waals surface area contributed by atoms with Gasteiger partial charge in [-0.1, -0.05) is 20.8 Å². The van der Waals surface area contributed by atoms with Gasteiger partial charge in [-0.3, -0.25) is 0 Å². The molecule has 0 spiro atoms. The van der Waals surface area contributed by atoms with E-state index in [1.54, 1.807) is 20.1 Å². The van der Waals surface area contributed by atoms with Crippen LogP contribution in [0.25, 0.3) is 0 Å². The van der Waals surface area contributed by atoms with Gasteiger partial charge in [-0.15, -0.1) is 0 Å². The van der Waals surface area contributed by atoms with Crippen molar-refractivity contribution in [2.45, 2.75) is 33.1 Å². The summed E-state index contributed by atoms with van der Waals surface area (Å²) in [6.45, 7) is 8.35. The quantitative estimate of drug-likeness (QED) is 0.769. The summed E-state index contributed by atoms with van der Waals surface area (Å²) >= 11 is 0. The SMILES string of the molecule is CCOC(=O)COc1cc(OC)cc(C(C)(C)C)c1. The molecular formula is C15H22O4. The lowest BCUT2D eigenvalue weighted by atomic mass is 9.87. The second kappa shape index (κ2) is 6.45. The Hall–Kier alpha value is -1.71. The number of esters is 1. The van der Waals surface area contributed by atoms with Crippen LogP contribution in [0, 0.1) is 0 Å². The minimum atomic E-state index is -0.373. The summed E-state index contributed by atoms with van der Waals surface area (Å²) in [6, 6.07) is 5.65. The molecule has 0 heterocycles. The zero-order valence-electron chi connectivity index (χ0n) is 12.3. The number of hydrogen-bond donors (Lipinski definition) is 0. The van der Waals surface area contributed by atoms with Crippen molar-refractivity contribution >= 4 is 5.97 Å². The van der Waals surface area contributed by atoms with Crippen molar-refractivity contribution in [1.82, 2.24) is 0 Å². The summed E-state index contributed by atoms with van der Waals surface area (Å²) in [4.78, 5) is 11.3. The summed E-state index contributed by atoms with van der Waals surface area (Å²) in [5.41, 5.74) is 1.07. The van der Waals surface area contributed by atoms with E-state index < -0.39 is 0 Å². The lowest BCUT2D eigenvalue weighted by molar-refractivity contribution is -0.145. The van der Waals surface area contributed by atoms with Gasteiger partial charge in [-0.25, -0.2) is 4.79 Å². The van der Waals surface area contributed by atoms with Gasteiger partial charge in [0, 0.05) is 6.07 Å². The maximum Gasteiger partial charge on any atom is 0.344 e. The van der Waals surface area contributed by atoms with Crippen LogP contribution in [-0.4, -0.2) is 26.3 Å². The van der Waals surface area contributed by atoms with Gasteiger partial charge in [0.15, 0.2) is 6.61 Å². The van der Waals surface area contributed by atoms with E-state index >= 15 is 0 Å². The predicted octanol–water partition coefficient (Wildman–Crippen LogP) is 2.93. The molecule has 4 heteroatoms. The van der Waals surface area contributed by atoms with Crippen LogP contribution in [0.2, 0.25) is 0 Å². The third kappa shape index (κ3) is 4.81. The van der Waals surface area contributed by atoms with E-state index in [2.05, 4.69) is 20.8 Å². The number of ether oxygens (including phenoxy) is 3. The van der Waals surface area contributed by atoms with Crippen LogP contribution in [0.3, 0.4) is 0 Å². The van der Waals surface area contributed by atoms with Crippen LogP contribution >= 0.6 is 0 Å². The third-order valence-electron chi connectivity index (χ3n) is 2.64. The van der Waals surface area contributed by atoms with E-state index in [9.17, 15) is 4.79 Å². The minimum absolute atomic E-state index is 0.0173. The molecule has 0 fully saturated rings. The number of benzene rings is 1. The van der Waals surface area contributed by atoms with Crippen LogP contribution in [0.5, 0.6) is 11.5 Å². The topological polar surface area (TPSA) is 44.8 Å².